The molecule has 0 amide bonds. The first-order chi connectivity index (χ1) is 14.6. The van der Waals surface area contributed by atoms with E-state index < -0.39 is 0 Å². The van der Waals surface area contributed by atoms with E-state index in [-0.39, 0.29) is 11.5 Å². The number of unbranched alkanes of at least 4 members (excludes halogenated alkanes) is 2. The fourth-order valence-corrected chi connectivity index (χ4v) is 8.44. The minimum Gasteiger partial charge on any atom is -0.393 e. The fourth-order valence-electron chi connectivity index (χ4n) is 8.44. The Labute approximate surface area is 194 Å². The standard InChI is InChI=1S/C30H54O/c1-8-10-11-12-24(28(31)9-2)25-15-16-27-26(29(25,5)6)14-13-23-20-22(19-21(3)4)17-18-30(23,27)7/h14,21-25,27-28,31H,8-13,15-20H2,1-7H3. The van der Waals surface area contributed by atoms with Gasteiger partial charge in [-0.15, -0.1) is 0 Å². The average molecular weight is 431 g/mol. The summed E-state index contributed by atoms with van der Waals surface area (Å²) in [5, 5.41) is 11.0. The molecule has 1 heteroatoms. The van der Waals surface area contributed by atoms with Gasteiger partial charge in [-0.3, -0.25) is 0 Å². The van der Waals surface area contributed by atoms with E-state index in [2.05, 4.69) is 54.5 Å². The average Bonchev–Trinajstić information content (AvgIpc) is 2.71. The van der Waals surface area contributed by atoms with Gasteiger partial charge in [-0.1, -0.05) is 79.4 Å². The smallest absolute Gasteiger partial charge is 0.0568 e. The highest BCUT2D eigenvalue weighted by molar-refractivity contribution is 5.27. The van der Waals surface area contributed by atoms with Crippen molar-refractivity contribution in [2.75, 3.05) is 0 Å². The number of allylic oxidation sites excluding steroid dienone is 2. The van der Waals surface area contributed by atoms with E-state index >= 15 is 0 Å². The summed E-state index contributed by atoms with van der Waals surface area (Å²) in [5.74, 6) is 4.59. The molecule has 1 N–H and O–H groups in total. The van der Waals surface area contributed by atoms with Gasteiger partial charge >= 0.3 is 0 Å². The van der Waals surface area contributed by atoms with Gasteiger partial charge in [0.15, 0.2) is 0 Å². The second-order valence-corrected chi connectivity index (χ2v) is 13.0. The third kappa shape index (κ3) is 5.12. The van der Waals surface area contributed by atoms with Crippen molar-refractivity contribution in [1.82, 2.24) is 0 Å². The molecular formula is C30H54O. The summed E-state index contributed by atoms with van der Waals surface area (Å²) in [5.41, 5.74) is 2.54. The highest BCUT2D eigenvalue weighted by Crippen LogP contribution is 2.64. The Morgan fingerprint density at radius 1 is 1.06 bits per heavy atom. The first kappa shape index (κ1) is 25.3. The molecule has 0 heterocycles. The lowest BCUT2D eigenvalue weighted by atomic mass is 9.45. The number of hydrogen-bond donors (Lipinski definition) is 1. The molecule has 3 rings (SSSR count). The minimum atomic E-state index is -0.128. The summed E-state index contributed by atoms with van der Waals surface area (Å²) in [6.45, 7) is 17.0. The van der Waals surface area contributed by atoms with Crippen LogP contribution in [-0.2, 0) is 0 Å². The van der Waals surface area contributed by atoms with Crippen molar-refractivity contribution >= 4 is 0 Å². The van der Waals surface area contributed by atoms with Crippen molar-refractivity contribution in [3.05, 3.63) is 11.6 Å². The molecule has 0 spiro atoms. The van der Waals surface area contributed by atoms with Crippen molar-refractivity contribution in [2.45, 2.75) is 132 Å². The van der Waals surface area contributed by atoms with E-state index in [1.54, 1.807) is 5.57 Å². The van der Waals surface area contributed by atoms with Crippen LogP contribution in [0.25, 0.3) is 0 Å². The van der Waals surface area contributed by atoms with Gasteiger partial charge in [0, 0.05) is 0 Å². The van der Waals surface area contributed by atoms with Crippen molar-refractivity contribution < 1.29 is 5.11 Å². The van der Waals surface area contributed by atoms with Crippen molar-refractivity contribution in [2.24, 2.45) is 46.3 Å². The summed E-state index contributed by atoms with van der Waals surface area (Å²) >= 11 is 0. The van der Waals surface area contributed by atoms with E-state index in [4.69, 9.17) is 0 Å². The fraction of sp³-hybridized carbons (Fsp3) is 0.933. The van der Waals surface area contributed by atoms with Gasteiger partial charge in [-0.2, -0.15) is 0 Å². The molecule has 180 valence electrons. The zero-order valence-electron chi connectivity index (χ0n) is 22.1. The predicted octanol–water partition coefficient (Wildman–Crippen LogP) is 8.81. The lowest BCUT2D eigenvalue weighted by Crippen LogP contribution is -2.51. The molecule has 0 saturated heterocycles. The summed E-state index contributed by atoms with van der Waals surface area (Å²) in [6, 6.07) is 0. The summed E-state index contributed by atoms with van der Waals surface area (Å²) in [7, 11) is 0. The molecule has 0 aromatic carbocycles. The zero-order valence-corrected chi connectivity index (χ0v) is 22.1. The van der Waals surface area contributed by atoms with Gasteiger partial charge in [0.1, 0.15) is 0 Å². The number of rotatable bonds is 9. The maximum atomic E-state index is 11.0. The molecule has 31 heavy (non-hydrogen) atoms. The largest absolute Gasteiger partial charge is 0.393 e. The second-order valence-electron chi connectivity index (χ2n) is 13.0. The lowest BCUT2D eigenvalue weighted by Gasteiger charge is -2.59. The summed E-state index contributed by atoms with van der Waals surface area (Å²) in [4.78, 5) is 0. The van der Waals surface area contributed by atoms with E-state index in [9.17, 15) is 5.11 Å². The lowest BCUT2D eigenvalue weighted by molar-refractivity contribution is -0.0427. The first-order valence-corrected chi connectivity index (χ1v) is 14.0. The van der Waals surface area contributed by atoms with Crippen LogP contribution in [0.1, 0.15) is 126 Å². The predicted molar refractivity (Wildman–Crippen MR) is 135 cm³/mol. The highest BCUT2D eigenvalue weighted by Gasteiger charge is 2.54. The highest BCUT2D eigenvalue weighted by atomic mass is 16.3. The minimum absolute atomic E-state index is 0.128. The molecule has 7 unspecified atom stereocenters. The third-order valence-electron chi connectivity index (χ3n) is 10.2. The van der Waals surface area contributed by atoms with Gasteiger partial charge in [-0.05, 0) is 104 Å². The zero-order chi connectivity index (χ0) is 22.8. The first-order valence-electron chi connectivity index (χ1n) is 14.0. The molecule has 2 saturated carbocycles. The van der Waals surface area contributed by atoms with E-state index in [0.717, 1.165) is 30.1 Å². The number of fused-ring (bicyclic) bond motifs is 3. The van der Waals surface area contributed by atoms with E-state index in [0.29, 0.717) is 17.3 Å². The Kier molecular flexibility index (Phi) is 8.43. The quantitative estimate of drug-likeness (QED) is 0.286. The van der Waals surface area contributed by atoms with Gasteiger partial charge < -0.3 is 5.11 Å². The molecule has 0 bridgehead atoms. The normalized spacial score (nSPS) is 37.0. The number of hydrogen-bond acceptors (Lipinski definition) is 1. The van der Waals surface area contributed by atoms with Crippen LogP contribution in [-0.4, -0.2) is 11.2 Å². The Morgan fingerprint density at radius 3 is 2.45 bits per heavy atom. The molecule has 3 aliphatic carbocycles. The molecule has 3 aliphatic rings. The Balaban J connectivity index is 1.81. The van der Waals surface area contributed by atoms with Gasteiger partial charge in [0.2, 0.25) is 0 Å². The van der Waals surface area contributed by atoms with Crippen LogP contribution in [0, 0.1) is 46.3 Å². The Bertz CT molecular complexity index is 602. The topological polar surface area (TPSA) is 20.2 Å². The number of aliphatic hydroxyl groups excluding tert-OH is 1. The second kappa shape index (κ2) is 10.3. The molecule has 0 radical (unpaired) electrons. The van der Waals surface area contributed by atoms with E-state index in [1.165, 1.54) is 70.6 Å². The molecule has 1 nitrogen and oxygen atoms in total. The molecule has 7 atom stereocenters. The van der Waals surface area contributed by atoms with Gasteiger partial charge in [-0.25, -0.2) is 0 Å². The SMILES string of the molecule is CCCCCC(C(O)CC)C1CCC2C(=CCC3CC(CC(C)C)CCC32C)C1(C)C. The number of aliphatic hydroxyl groups is 1. The van der Waals surface area contributed by atoms with Crippen molar-refractivity contribution in [3.8, 4) is 0 Å². The molecule has 0 aromatic heterocycles. The van der Waals surface area contributed by atoms with Crippen LogP contribution in [0.5, 0.6) is 0 Å². The maximum Gasteiger partial charge on any atom is 0.0568 e. The molecular weight excluding hydrogens is 376 g/mol. The summed E-state index contributed by atoms with van der Waals surface area (Å²) < 4.78 is 0. The van der Waals surface area contributed by atoms with Crippen LogP contribution in [0.15, 0.2) is 11.6 Å². The molecule has 2 fully saturated rings. The van der Waals surface area contributed by atoms with Crippen LogP contribution in [0.3, 0.4) is 0 Å². The van der Waals surface area contributed by atoms with Crippen LogP contribution < -0.4 is 0 Å². The van der Waals surface area contributed by atoms with Gasteiger partial charge in [0.25, 0.3) is 0 Å². The van der Waals surface area contributed by atoms with Crippen molar-refractivity contribution in [3.63, 3.8) is 0 Å². The monoisotopic (exact) mass is 430 g/mol. The van der Waals surface area contributed by atoms with Crippen molar-refractivity contribution in [1.29, 1.82) is 0 Å². The van der Waals surface area contributed by atoms with Crippen LogP contribution >= 0.6 is 0 Å². The molecule has 0 aliphatic heterocycles. The third-order valence-corrected chi connectivity index (χ3v) is 10.2. The van der Waals surface area contributed by atoms with Crippen LogP contribution in [0.4, 0.5) is 0 Å². The maximum absolute atomic E-state index is 11.0. The Hall–Kier alpha value is -0.300. The summed E-state index contributed by atoms with van der Waals surface area (Å²) in [6.07, 6.45) is 18.3. The Morgan fingerprint density at radius 2 is 1.81 bits per heavy atom. The van der Waals surface area contributed by atoms with Crippen LogP contribution in [0.2, 0.25) is 0 Å². The molecule has 0 aromatic rings. The van der Waals surface area contributed by atoms with Gasteiger partial charge in [0.05, 0.1) is 6.10 Å². The van der Waals surface area contributed by atoms with E-state index in [1.807, 2.05) is 0 Å².